The molecule has 0 aliphatic carbocycles. The second-order valence-electron chi connectivity index (χ2n) is 3.19. The Bertz CT molecular complexity index is 305. The summed E-state index contributed by atoms with van der Waals surface area (Å²) in [6.45, 7) is 1.17. The minimum Gasteiger partial charge on any atom is -0.394 e. The van der Waals surface area contributed by atoms with Crippen LogP contribution < -0.4 is 10.6 Å². The lowest BCUT2D eigenvalue weighted by molar-refractivity contribution is 0.269. The summed E-state index contributed by atoms with van der Waals surface area (Å²) >= 11 is 3.29. The summed E-state index contributed by atoms with van der Waals surface area (Å²) in [5, 5.41) is 10.3. The first-order valence-electron chi connectivity index (χ1n) is 4.48. The fourth-order valence-electron chi connectivity index (χ4n) is 1.51. The molecular weight excluding hydrogens is 218 g/mol. The first-order valence-corrected chi connectivity index (χ1v) is 6.41. The van der Waals surface area contributed by atoms with Crippen molar-refractivity contribution >= 4 is 34.1 Å². The van der Waals surface area contributed by atoms with Crippen LogP contribution in [-0.4, -0.2) is 40.2 Å². The molecule has 4 nitrogen and oxygen atoms in total. The number of hydrogen-bond acceptors (Lipinski definition) is 6. The molecule has 0 radical (unpaired) electrons. The van der Waals surface area contributed by atoms with Gasteiger partial charge in [0.1, 0.15) is 10.8 Å². The fourth-order valence-corrected chi connectivity index (χ4v) is 3.33. The molecule has 2 rings (SSSR count). The third-order valence-electron chi connectivity index (χ3n) is 2.24. The summed E-state index contributed by atoms with van der Waals surface area (Å²) < 4.78 is 4.05. The summed E-state index contributed by atoms with van der Waals surface area (Å²) in [7, 11) is 0. The van der Waals surface area contributed by atoms with E-state index in [-0.39, 0.29) is 12.6 Å². The number of thioether (sulfide) groups is 1. The predicted molar refractivity (Wildman–Crippen MR) is 62.1 cm³/mol. The van der Waals surface area contributed by atoms with Gasteiger partial charge in [-0.15, -0.1) is 0 Å². The summed E-state index contributed by atoms with van der Waals surface area (Å²) in [6.07, 6.45) is 0. The third kappa shape index (κ3) is 1.97. The van der Waals surface area contributed by atoms with E-state index < -0.39 is 0 Å². The number of nitrogens with two attached hydrogens (primary N) is 1. The fraction of sp³-hybridized carbons (Fsp3) is 0.625. The number of rotatable bonds is 2. The van der Waals surface area contributed by atoms with Crippen molar-refractivity contribution in [1.29, 1.82) is 0 Å². The number of aromatic nitrogens is 1. The van der Waals surface area contributed by atoms with Crippen LogP contribution >= 0.6 is 23.3 Å². The van der Waals surface area contributed by atoms with Crippen molar-refractivity contribution < 1.29 is 5.11 Å². The van der Waals surface area contributed by atoms with Crippen LogP contribution in [-0.2, 0) is 0 Å². The molecule has 1 saturated heterocycles. The van der Waals surface area contributed by atoms with E-state index in [1.807, 2.05) is 17.8 Å². The molecule has 2 heterocycles. The number of nitrogen functional groups attached to an aromatic ring is 1. The number of nitrogens with zero attached hydrogens (tertiary/aromatic N) is 2. The average Bonchev–Trinajstić information content (AvgIpc) is 2.65. The van der Waals surface area contributed by atoms with E-state index in [0.29, 0.717) is 5.82 Å². The van der Waals surface area contributed by atoms with E-state index in [4.69, 9.17) is 5.73 Å². The normalized spacial score (nSPS) is 22.6. The maximum Gasteiger partial charge on any atom is 0.139 e. The van der Waals surface area contributed by atoms with Crippen molar-refractivity contribution in [2.45, 2.75) is 6.04 Å². The first-order chi connectivity index (χ1) is 6.81. The number of aliphatic hydroxyl groups is 1. The summed E-state index contributed by atoms with van der Waals surface area (Å²) in [5.41, 5.74) is 5.58. The zero-order valence-electron chi connectivity index (χ0n) is 7.72. The lowest BCUT2D eigenvalue weighted by Crippen LogP contribution is -2.44. The summed E-state index contributed by atoms with van der Waals surface area (Å²) in [4.78, 5) is 2.20. The second kappa shape index (κ2) is 4.37. The minimum atomic E-state index is 0.199. The van der Waals surface area contributed by atoms with Crippen molar-refractivity contribution in [3.63, 3.8) is 0 Å². The van der Waals surface area contributed by atoms with Crippen molar-refractivity contribution in [3.05, 3.63) is 6.07 Å². The third-order valence-corrected chi connectivity index (χ3v) is 4.17. The Morgan fingerprint density at radius 3 is 3.21 bits per heavy atom. The van der Waals surface area contributed by atoms with E-state index in [1.165, 1.54) is 11.5 Å². The molecule has 1 aromatic heterocycles. The molecule has 6 heteroatoms. The van der Waals surface area contributed by atoms with Gasteiger partial charge < -0.3 is 15.7 Å². The van der Waals surface area contributed by atoms with E-state index in [0.717, 1.165) is 23.1 Å². The monoisotopic (exact) mass is 231 g/mol. The van der Waals surface area contributed by atoms with Gasteiger partial charge in [-0.05, 0) is 11.5 Å². The van der Waals surface area contributed by atoms with Gasteiger partial charge >= 0.3 is 0 Å². The molecular formula is C8H13N3OS2. The highest BCUT2D eigenvalue weighted by Gasteiger charge is 2.23. The second-order valence-corrected chi connectivity index (χ2v) is 5.13. The average molecular weight is 231 g/mol. The predicted octanol–water partition coefficient (Wildman–Crippen LogP) is 0.639. The van der Waals surface area contributed by atoms with Gasteiger partial charge in [-0.2, -0.15) is 16.1 Å². The number of hydrogen-bond donors (Lipinski definition) is 2. The van der Waals surface area contributed by atoms with Crippen LogP contribution in [0.3, 0.4) is 0 Å². The molecule has 1 atom stereocenters. The molecule has 0 amide bonds. The van der Waals surface area contributed by atoms with Gasteiger partial charge in [-0.3, -0.25) is 0 Å². The van der Waals surface area contributed by atoms with Crippen LogP contribution in [0.2, 0.25) is 0 Å². The van der Waals surface area contributed by atoms with Gasteiger partial charge in [0.05, 0.1) is 12.6 Å². The molecule has 14 heavy (non-hydrogen) atoms. The van der Waals surface area contributed by atoms with Gasteiger partial charge in [0.2, 0.25) is 0 Å². The van der Waals surface area contributed by atoms with Gasteiger partial charge in [-0.1, -0.05) is 0 Å². The number of aliphatic hydroxyl groups excluding tert-OH is 1. The zero-order valence-corrected chi connectivity index (χ0v) is 9.35. The lowest BCUT2D eigenvalue weighted by atomic mass is 10.3. The smallest absolute Gasteiger partial charge is 0.139 e. The van der Waals surface area contributed by atoms with Crippen molar-refractivity contribution in [2.24, 2.45) is 0 Å². The minimum absolute atomic E-state index is 0.199. The highest BCUT2D eigenvalue weighted by Crippen LogP contribution is 2.28. The summed E-state index contributed by atoms with van der Waals surface area (Å²) in [5.74, 6) is 2.66. The summed E-state index contributed by atoms with van der Waals surface area (Å²) in [6, 6.07) is 2.09. The van der Waals surface area contributed by atoms with E-state index in [2.05, 4.69) is 9.27 Å². The van der Waals surface area contributed by atoms with E-state index in [9.17, 15) is 5.11 Å². The standard InChI is InChI=1S/C8H13N3OS2/c9-7-3-8(14-10-7)11-1-2-13-5-6(11)4-12/h3,6,12H,1-2,4-5H2,(H2,9,10). The van der Waals surface area contributed by atoms with Crippen LogP contribution in [0.15, 0.2) is 6.07 Å². The topological polar surface area (TPSA) is 62.4 Å². The molecule has 0 saturated carbocycles. The molecule has 78 valence electrons. The Balaban J connectivity index is 2.14. The molecule has 0 aromatic carbocycles. The largest absolute Gasteiger partial charge is 0.394 e. The maximum absolute atomic E-state index is 9.23. The lowest BCUT2D eigenvalue weighted by Gasteiger charge is -2.34. The Kier molecular flexibility index (Phi) is 3.15. The molecule has 1 fully saturated rings. The van der Waals surface area contributed by atoms with E-state index >= 15 is 0 Å². The van der Waals surface area contributed by atoms with Gasteiger partial charge in [0.15, 0.2) is 0 Å². The van der Waals surface area contributed by atoms with Crippen LogP contribution in [0.4, 0.5) is 10.8 Å². The van der Waals surface area contributed by atoms with Crippen molar-refractivity contribution in [1.82, 2.24) is 4.37 Å². The van der Waals surface area contributed by atoms with Crippen LogP contribution in [0.1, 0.15) is 0 Å². The number of anilines is 2. The molecule has 1 aliphatic heterocycles. The highest BCUT2D eigenvalue weighted by atomic mass is 32.2. The van der Waals surface area contributed by atoms with Gasteiger partial charge in [-0.25, -0.2) is 0 Å². The van der Waals surface area contributed by atoms with Gasteiger partial charge in [0.25, 0.3) is 0 Å². The Hall–Kier alpha value is -0.460. The molecule has 0 bridgehead atoms. The highest BCUT2D eigenvalue weighted by molar-refractivity contribution is 7.99. The molecule has 1 unspecified atom stereocenters. The molecule has 1 aliphatic rings. The van der Waals surface area contributed by atoms with Crippen LogP contribution in [0.5, 0.6) is 0 Å². The van der Waals surface area contributed by atoms with Crippen molar-refractivity contribution in [2.75, 3.05) is 35.3 Å². The van der Waals surface area contributed by atoms with Crippen molar-refractivity contribution in [3.8, 4) is 0 Å². The molecule has 0 spiro atoms. The van der Waals surface area contributed by atoms with Crippen LogP contribution in [0, 0.1) is 0 Å². The molecule has 3 N–H and O–H groups in total. The first kappa shape index (κ1) is 10.1. The zero-order chi connectivity index (χ0) is 9.97. The Labute approximate surface area is 91.3 Å². The van der Waals surface area contributed by atoms with Crippen LogP contribution in [0.25, 0.3) is 0 Å². The maximum atomic E-state index is 9.23. The quantitative estimate of drug-likeness (QED) is 0.782. The Morgan fingerprint density at radius 2 is 2.57 bits per heavy atom. The molecule has 1 aromatic rings. The Morgan fingerprint density at radius 1 is 1.71 bits per heavy atom. The van der Waals surface area contributed by atoms with E-state index in [1.54, 1.807) is 0 Å². The SMILES string of the molecule is Nc1cc(N2CCSCC2CO)sn1. The van der Waals surface area contributed by atoms with Gasteiger partial charge in [0, 0.05) is 24.1 Å².